The third-order valence-electron chi connectivity index (χ3n) is 5.00. The van der Waals surface area contributed by atoms with E-state index >= 15 is 0 Å². The molecule has 3 heterocycles. The van der Waals surface area contributed by atoms with Crippen LogP contribution in [0.5, 0.6) is 5.75 Å². The van der Waals surface area contributed by atoms with Gasteiger partial charge in [0.1, 0.15) is 5.69 Å². The lowest BCUT2D eigenvalue weighted by Crippen LogP contribution is -2.55. The molecule has 0 bridgehead atoms. The van der Waals surface area contributed by atoms with Crippen LogP contribution < -0.4 is 15.1 Å². The van der Waals surface area contributed by atoms with E-state index in [-0.39, 0.29) is 5.75 Å². The van der Waals surface area contributed by atoms with Crippen molar-refractivity contribution in [2.24, 2.45) is 5.10 Å². The van der Waals surface area contributed by atoms with Crippen molar-refractivity contribution in [2.75, 3.05) is 31.1 Å². The predicted molar refractivity (Wildman–Crippen MR) is 111 cm³/mol. The van der Waals surface area contributed by atoms with Gasteiger partial charge in [0.15, 0.2) is 16.7 Å². The lowest BCUT2D eigenvalue weighted by atomic mass is 10.1. The molecule has 2 aliphatic heterocycles. The number of aromatic nitrogens is 1. The van der Waals surface area contributed by atoms with Crippen molar-refractivity contribution in [1.82, 2.24) is 15.3 Å². The Kier molecular flexibility index (Phi) is 5.38. The summed E-state index contributed by atoms with van der Waals surface area (Å²) in [5.74, 6) is -0.267. The second-order valence-corrected chi connectivity index (χ2v) is 7.26. The molecule has 1 atom stereocenters. The van der Waals surface area contributed by atoms with Crippen molar-refractivity contribution in [3.8, 4) is 5.75 Å². The summed E-state index contributed by atoms with van der Waals surface area (Å²) >= 11 is 5.54. The number of halogens is 1. The van der Waals surface area contributed by atoms with Crippen LogP contribution in [0.25, 0.3) is 0 Å². The number of pyridine rings is 1. The number of rotatable bonds is 2. The third-order valence-corrected chi connectivity index (χ3v) is 5.35. The van der Waals surface area contributed by atoms with E-state index in [9.17, 15) is 4.39 Å². The van der Waals surface area contributed by atoms with E-state index in [1.54, 1.807) is 0 Å². The van der Waals surface area contributed by atoms with Gasteiger partial charge < -0.3 is 14.5 Å². The van der Waals surface area contributed by atoms with Crippen molar-refractivity contribution in [3.63, 3.8) is 0 Å². The maximum Gasteiger partial charge on any atom is 0.189 e. The van der Waals surface area contributed by atoms with Crippen LogP contribution in [0.4, 0.5) is 10.1 Å². The van der Waals surface area contributed by atoms with Gasteiger partial charge >= 0.3 is 0 Å². The van der Waals surface area contributed by atoms with E-state index in [0.717, 1.165) is 19.6 Å². The van der Waals surface area contributed by atoms with Crippen LogP contribution in [-0.4, -0.2) is 53.0 Å². The molecular weight excluding hydrogens is 377 g/mol. The van der Waals surface area contributed by atoms with E-state index in [0.29, 0.717) is 35.6 Å². The molecule has 1 fully saturated rings. The van der Waals surface area contributed by atoms with Crippen LogP contribution in [0, 0.1) is 5.82 Å². The third kappa shape index (κ3) is 3.77. The predicted octanol–water partition coefficient (Wildman–Crippen LogP) is 2.79. The fraction of sp³-hybridized carbons (Fsp3) is 0.350. The average molecular weight is 399 g/mol. The highest BCUT2D eigenvalue weighted by atomic mass is 32.1. The van der Waals surface area contributed by atoms with Crippen LogP contribution in [0.15, 0.2) is 47.7 Å². The van der Waals surface area contributed by atoms with Gasteiger partial charge in [0.05, 0.1) is 12.3 Å². The SMILES string of the molecule is CC1CN(C(=S)N/N=C2/CCOc3c(F)ccnc32)CCN1c1ccccc1. The molecule has 0 saturated carbocycles. The molecule has 1 aromatic carbocycles. The zero-order chi connectivity index (χ0) is 19.5. The van der Waals surface area contributed by atoms with Crippen LogP contribution in [0.3, 0.4) is 0 Å². The van der Waals surface area contributed by atoms with E-state index in [4.69, 9.17) is 17.0 Å². The summed E-state index contributed by atoms with van der Waals surface area (Å²) in [5.41, 5.74) is 5.28. The Hall–Kier alpha value is -2.74. The summed E-state index contributed by atoms with van der Waals surface area (Å²) in [4.78, 5) is 8.70. The Morgan fingerprint density at radius 2 is 2.11 bits per heavy atom. The molecule has 1 N–H and O–H groups in total. The van der Waals surface area contributed by atoms with Crippen molar-refractivity contribution in [1.29, 1.82) is 0 Å². The molecule has 28 heavy (non-hydrogen) atoms. The van der Waals surface area contributed by atoms with E-state index in [2.05, 4.69) is 56.5 Å². The fourth-order valence-corrected chi connectivity index (χ4v) is 3.79. The van der Waals surface area contributed by atoms with Gasteiger partial charge in [-0.2, -0.15) is 5.10 Å². The fourth-order valence-electron chi connectivity index (χ4n) is 3.58. The Morgan fingerprint density at radius 1 is 1.29 bits per heavy atom. The molecule has 2 aliphatic rings. The van der Waals surface area contributed by atoms with Crippen molar-refractivity contribution in [2.45, 2.75) is 19.4 Å². The van der Waals surface area contributed by atoms with Crippen molar-refractivity contribution < 1.29 is 9.13 Å². The number of hydrazone groups is 1. The summed E-state index contributed by atoms with van der Waals surface area (Å²) in [6.45, 7) is 5.05. The van der Waals surface area contributed by atoms with Gasteiger partial charge in [-0.25, -0.2) is 4.39 Å². The number of thiocarbonyl (C=S) groups is 1. The number of nitrogens with one attached hydrogen (secondary N) is 1. The highest BCUT2D eigenvalue weighted by Crippen LogP contribution is 2.26. The van der Waals surface area contributed by atoms with Gasteiger partial charge in [-0.1, -0.05) is 18.2 Å². The Morgan fingerprint density at radius 3 is 2.89 bits per heavy atom. The minimum Gasteiger partial charge on any atom is -0.488 e. The minimum absolute atomic E-state index is 0.158. The van der Waals surface area contributed by atoms with Crippen molar-refractivity contribution >= 4 is 28.7 Å². The van der Waals surface area contributed by atoms with Gasteiger partial charge in [0.25, 0.3) is 0 Å². The molecule has 0 aliphatic carbocycles. The molecule has 0 spiro atoms. The molecule has 0 amide bonds. The average Bonchev–Trinajstić information content (AvgIpc) is 2.73. The molecule has 1 saturated heterocycles. The lowest BCUT2D eigenvalue weighted by molar-refractivity contribution is 0.300. The maximum atomic E-state index is 13.9. The molecule has 2 aromatic rings. The largest absolute Gasteiger partial charge is 0.488 e. The number of hydrogen-bond acceptors (Lipinski definition) is 5. The topological polar surface area (TPSA) is 53.0 Å². The smallest absolute Gasteiger partial charge is 0.189 e. The zero-order valence-corrected chi connectivity index (χ0v) is 16.5. The molecule has 0 radical (unpaired) electrons. The number of anilines is 1. The number of benzene rings is 1. The van der Waals surface area contributed by atoms with Crippen LogP contribution in [-0.2, 0) is 0 Å². The number of hydrogen-bond donors (Lipinski definition) is 1. The first kappa shape index (κ1) is 18.6. The summed E-state index contributed by atoms with van der Waals surface area (Å²) in [6, 6.07) is 12.0. The summed E-state index contributed by atoms with van der Waals surface area (Å²) < 4.78 is 19.3. The van der Waals surface area contributed by atoms with E-state index in [1.165, 1.54) is 18.0 Å². The second-order valence-electron chi connectivity index (χ2n) is 6.87. The quantitative estimate of drug-likeness (QED) is 0.619. The monoisotopic (exact) mass is 399 g/mol. The summed E-state index contributed by atoms with van der Waals surface area (Å²) in [7, 11) is 0. The molecular formula is C20H22FN5OS. The zero-order valence-electron chi connectivity index (χ0n) is 15.6. The first-order chi connectivity index (χ1) is 13.6. The van der Waals surface area contributed by atoms with Gasteiger partial charge in [0, 0.05) is 44.0 Å². The number of nitrogens with zero attached hydrogens (tertiary/aromatic N) is 4. The van der Waals surface area contributed by atoms with Crippen LogP contribution in [0.2, 0.25) is 0 Å². The second kappa shape index (κ2) is 8.10. The first-order valence-electron chi connectivity index (χ1n) is 9.34. The highest BCUT2D eigenvalue weighted by Gasteiger charge is 2.26. The minimum atomic E-state index is -0.425. The van der Waals surface area contributed by atoms with E-state index < -0.39 is 5.82 Å². The molecule has 1 unspecified atom stereocenters. The molecule has 8 heteroatoms. The molecule has 4 rings (SSSR count). The van der Waals surface area contributed by atoms with Gasteiger partial charge in [-0.05, 0) is 37.3 Å². The van der Waals surface area contributed by atoms with Gasteiger partial charge in [0.2, 0.25) is 0 Å². The first-order valence-corrected chi connectivity index (χ1v) is 9.75. The number of fused-ring (bicyclic) bond motifs is 1. The Balaban J connectivity index is 1.41. The normalized spacial score (nSPS) is 20.5. The van der Waals surface area contributed by atoms with E-state index in [1.807, 2.05) is 6.07 Å². The number of piperazine rings is 1. The van der Waals surface area contributed by atoms with Crippen molar-refractivity contribution in [3.05, 3.63) is 54.1 Å². The van der Waals surface area contributed by atoms with Gasteiger partial charge in [-0.3, -0.25) is 10.4 Å². The van der Waals surface area contributed by atoms with Crippen LogP contribution in [0.1, 0.15) is 19.0 Å². The summed E-state index contributed by atoms with van der Waals surface area (Å²) in [6.07, 6.45) is 1.97. The summed E-state index contributed by atoms with van der Waals surface area (Å²) in [5, 5.41) is 4.97. The highest BCUT2D eigenvalue weighted by molar-refractivity contribution is 7.80. The van der Waals surface area contributed by atoms with Gasteiger partial charge in [-0.15, -0.1) is 0 Å². The standard InChI is InChI=1S/C20H22FN5OS/c1-14-13-25(10-11-26(14)15-5-3-2-4-6-15)20(28)24-23-17-8-12-27-19-16(21)7-9-22-18(17)19/h2-7,9,14H,8,10-13H2,1H3,(H,24,28)/b23-17-. The maximum absolute atomic E-state index is 13.9. The Bertz CT molecular complexity index is 891. The number of ether oxygens (including phenoxy) is 1. The molecule has 1 aromatic heterocycles. The lowest BCUT2D eigenvalue weighted by Gasteiger charge is -2.42. The Labute approximate surface area is 169 Å². The molecule has 6 nitrogen and oxygen atoms in total. The number of para-hydroxylation sites is 1. The van der Waals surface area contributed by atoms with Crippen LogP contribution >= 0.6 is 12.2 Å². The molecule has 146 valence electrons.